The van der Waals surface area contributed by atoms with Gasteiger partial charge in [-0.05, 0) is 23.1 Å². The monoisotopic (exact) mass is 291 g/mol. The summed E-state index contributed by atoms with van der Waals surface area (Å²) in [6.07, 6.45) is 0. The van der Waals surface area contributed by atoms with Crippen LogP contribution >= 0.6 is 11.6 Å². The second-order valence-electron chi connectivity index (χ2n) is 5.31. The average molecular weight is 292 g/mol. The van der Waals surface area contributed by atoms with E-state index in [4.69, 9.17) is 16.7 Å². The lowest BCUT2D eigenvalue weighted by Crippen LogP contribution is -2.32. The Bertz CT molecular complexity index is 521. The first-order valence-corrected chi connectivity index (χ1v) is 7.41. The zero-order chi connectivity index (χ0) is 14.0. The standard InChI is InChI=1S/C12H18ClNO3S/c1-12(2,3)8-14-18(16,17)11-6-9(7-15)4-5-10(11)13/h4-6,14-15H,7-8H2,1-3H3. The molecule has 6 heteroatoms. The fourth-order valence-corrected chi connectivity index (χ4v) is 3.07. The van der Waals surface area contributed by atoms with Crippen LogP contribution in [0.1, 0.15) is 26.3 Å². The van der Waals surface area contributed by atoms with Crippen molar-refractivity contribution in [1.29, 1.82) is 0 Å². The molecule has 0 amide bonds. The molecule has 0 radical (unpaired) electrons. The summed E-state index contributed by atoms with van der Waals surface area (Å²) in [5.41, 5.74) is 0.351. The van der Waals surface area contributed by atoms with Crippen LogP contribution in [0.2, 0.25) is 5.02 Å². The number of aliphatic hydroxyl groups excluding tert-OH is 1. The lowest BCUT2D eigenvalue weighted by atomic mass is 9.98. The van der Waals surface area contributed by atoms with Crippen molar-refractivity contribution in [2.45, 2.75) is 32.3 Å². The van der Waals surface area contributed by atoms with Crippen LogP contribution in [0, 0.1) is 5.41 Å². The van der Waals surface area contributed by atoms with Gasteiger partial charge in [-0.1, -0.05) is 38.4 Å². The molecular weight excluding hydrogens is 274 g/mol. The van der Waals surface area contributed by atoms with Crippen molar-refractivity contribution in [1.82, 2.24) is 4.72 Å². The predicted octanol–water partition coefficient (Wildman–Crippen LogP) is 2.16. The lowest BCUT2D eigenvalue weighted by molar-refractivity contribution is 0.281. The van der Waals surface area contributed by atoms with E-state index in [1.807, 2.05) is 20.8 Å². The summed E-state index contributed by atoms with van der Waals surface area (Å²) in [5.74, 6) is 0. The molecule has 0 bridgehead atoms. The number of nitrogens with one attached hydrogen (secondary N) is 1. The Kier molecular flexibility index (Phi) is 4.78. The van der Waals surface area contributed by atoms with Crippen LogP contribution in [-0.2, 0) is 16.6 Å². The molecule has 102 valence electrons. The molecule has 0 aliphatic carbocycles. The summed E-state index contributed by atoms with van der Waals surface area (Å²) < 4.78 is 26.7. The average Bonchev–Trinajstić information content (AvgIpc) is 2.26. The normalized spacial score (nSPS) is 12.7. The number of sulfonamides is 1. The molecule has 0 spiro atoms. The number of rotatable bonds is 4. The third-order valence-corrected chi connectivity index (χ3v) is 4.14. The lowest BCUT2D eigenvalue weighted by Gasteiger charge is -2.19. The molecule has 0 saturated carbocycles. The highest BCUT2D eigenvalue weighted by molar-refractivity contribution is 7.89. The number of aliphatic hydroxyl groups is 1. The molecule has 0 atom stereocenters. The first-order valence-electron chi connectivity index (χ1n) is 5.55. The molecule has 18 heavy (non-hydrogen) atoms. The van der Waals surface area contributed by atoms with Crippen molar-refractivity contribution in [3.05, 3.63) is 28.8 Å². The Morgan fingerprint density at radius 3 is 2.44 bits per heavy atom. The molecule has 4 nitrogen and oxygen atoms in total. The van der Waals surface area contributed by atoms with Gasteiger partial charge in [-0.3, -0.25) is 0 Å². The van der Waals surface area contributed by atoms with E-state index >= 15 is 0 Å². The third kappa shape index (κ3) is 4.24. The second kappa shape index (κ2) is 5.57. The van der Waals surface area contributed by atoms with Crippen LogP contribution < -0.4 is 4.72 Å². The Morgan fingerprint density at radius 1 is 1.33 bits per heavy atom. The van der Waals surface area contributed by atoms with Gasteiger partial charge < -0.3 is 5.11 Å². The van der Waals surface area contributed by atoms with Gasteiger partial charge in [-0.25, -0.2) is 13.1 Å². The molecule has 0 heterocycles. The molecule has 2 N–H and O–H groups in total. The SMILES string of the molecule is CC(C)(C)CNS(=O)(=O)c1cc(CO)ccc1Cl. The highest BCUT2D eigenvalue weighted by Crippen LogP contribution is 2.23. The van der Waals surface area contributed by atoms with E-state index < -0.39 is 10.0 Å². The van der Waals surface area contributed by atoms with Gasteiger partial charge in [0.15, 0.2) is 0 Å². The molecule has 0 saturated heterocycles. The van der Waals surface area contributed by atoms with E-state index in [1.165, 1.54) is 12.1 Å². The van der Waals surface area contributed by atoms with Gasteiger partial charge in [0.25, 0.3) is 0 Å². The summed E-state index contributed by atoms with van der Waals surface area (Å²) in [6.45, 7) is 5.89. The number of benzene rings is 1. The zero-order valence-corrected chi connectivity index (χ0v) is 12.3. The van der Waals surface area contributed by atoms with E-state index in [-0.39, 0.29) is 21.9 Å². The highest BCUT2D eigenvalue weighted by atomic mass is 35.5. The molecular formula is C12H18ClNO3S. The maximum atomic E-state index is 12.1. The summed E-state index contributed by atoms with van der Waals surface area (Å²) in [4.78, 5) is -0.0000309. The van der Waals surface area contributed by atoms with Crippen molar-refractivity contribution < 1.29 is 13.5 Å². The maximum Gasteiger partial charge on any atom is 0.242 e. The van der Waals surface area contributed by atoms with Gasteiger partial charge in [-0.15, -0.1) is 0 Å². The van der Waals surface area contributed by atoms with Crippen LogP contribution in [0.4, 0.5) is 0 Å². The van der Waals surface area contributed by atoms with Gasteiger partial charge in [-0.2, -0.15) is 0 Å². The third-order valence-electron chi connectivity index (χ3n) is 2.26. The van der Waals surface area contributed by atoms with Crippen molar-refractivity contribution in [2.75, 3.05) is 6.54 Å². The fraction of sp³-hybridized carbons (Fsp3) is 0.500. The van der Waals surface area contributed by atoms with Crippen LogP contribution in [0.25, 0.3) is 0 Å². The number of hydrogen-bond acceptors (Lipinski definition) is 3. The van der Waals surface area contributed by atoms with E-state index in [1.54, 1.807) is 6.07 Å². The first kappa shape index (κ1) is 15.4. The molecule has 1 aromatic carbocycles. The van der Waals surface area contributed by atoms with E-state index in [0.29, 0.717) is 12.1 Å². The molecule has 0 aliphatic rings. The minimum atomic E-state index is -3.65. The topological polar surface area (TPSA) is 66.4 Å². The van der Waals surface area contributed by atoms with Gasteiger partial charge in [0.05, 0.1) is 11.6 Å². The zero-order valence-electron chi connectivity index (χ0n) is 10.7. The molecule has 0 fully saturated rings. The van der Waals surface area contributed by atoms with Gasteiger partial charge in [0.1, 0.15) is 4.90 Å². The Morgan fingerprint density at radius 2 is 1.94 bits per heavy atom. The minimum absolute atomic E-state index is 0.0000309. The van der Waals surface area contributed by atoms with Gasteiger partial charge in [0.2, 0.25) is 10.0 Å². The molecule has 0 unspecified atom stereocenters. The molecule has 0 aromatic heterocycles. The second-order valence-corrected chi connectivity index (χ2v) is 7.45. The van der Waals surface area contributed by atoms with Gasteiger partial charge >= 0.3 is 0 Å². The first-order chi connectivity index (χ1) is 8.15. The Labute approximate surface area is 113 Å². The number of hydrogen-bond donors (Lipinski definition) is 2. The maximum absolute atomic E-state index is 12.1. The van der Waals surface area contributed by atoms with Crippen LogP contribution in [0.5, 0.6) is 0 Å². The summed E-state index contributed by atoms with van der Waals surface area (Å²) in [6, 6.07) is 4.44. The van der Waals surface area contributed by atoms with Crippen molar-refractivity contribution in [2.24, 2.45) is 5.41 Å². The van der Waals surface area contributed by atoms with Crippen LogP contribution in [-0.4, -0.2) is 20.1 Å². The van der Waals surface area contributed by atoms with E-state index in [9.17, 15) is 8.42 Å². The van der Waals surface area contributed by atoms with E-state index in [0.717, 1.165) is 0 Å². The summed E-state index contributed by atoms with van der Waals surface area (Å²) in [5, 5.41) is 9.17. The molecule has 1 rings (SSSR count). The predicted molar refractivity (Wildman–Crippen MR) is 72.0 cm³/mol. The summed E-state index contributed by atoms with van der Waals surface area (Å²) >= 11 is 5.89. The van der Waals surface area contributed by atoms with Crippen molar-refractivity contribution >= 4 is 21.6 Å². The van der Waals surface area contributed by atoms with Crippen LogP contribution in [0.15, 0.2) is 23.1 Å². The van der Waals surface area contributed by atoms with Gasteiger partial charge in [0, 0.05) is 6.54 Å². The number of halogens is 1. The quantitative estimate of drug-likeness (QED) is 0.893. The minimum Gasteiger partial charge on any atom is -0.392 e. The fourth-order valence-electron chi connectivity index (χ4n) is 1.24. The van der Waals surface area contributed by atoms with Crippen LogP contribution in [0.3, 0.4) is 0 Å². The largest absolute Gasteiger partial charge is 0.392 e. The molecule has 1 aromatic rings. The van der Waals surface area contributed by atoms with Crippen molar-refractivity contribution in [3.63, 3.8) is 0 Å². The molecule has 0 aliphatic heterocycles. The highest BCUT2D eigenvalue weighted by Gasteiger charge is 2.21. The Hall–Kier alpha value is -0.620. The Balaban J connectivity index is 3.05. The van der Waals surface area contributed by atoms with E-state index in [2.05, 4.69) is 4.72 Å². The summed E-state index contributed by atoms with van der Waals surface area (Å²) in [7, 11) is -3.65. The smallest absolute Gasteiger partial charge is 0.242 e. The van der Waals surface area contributed by atoms with Crippen molar-refractivity contribution in [3.8, 4) is 0 Å².